The van der Waals surface area contributed by atoms with Gasteiger partial charge in [-0.25, -0.2) is 8.78 Å². The Labute approximate surface area is 102 Å². The van der Waals surface area contributed by atoms with Gasteiger partial charge in [0.1, 0.15) is 5.75 Å². The molecule has 0 spiro atoms. The molecule has 0 fully saturated rings. The van der Waals surface area contributed by atoms with Crippen LogP contribution in [-0.2, 0) is 10.7 Å². The van der Waals surface area contributed by atoms with Crippen molar-refractivity contribution < 1.29 is 23.4 Å². The zero-order valence-electron chi connectivity index (χ0n) is 9.04. The lowest BCUT2D eigenvalue weighted by Crippen LogP contribution is -2.16. The van der Waals surface area contributed by atoms with Crippen molar-refractivity contribution in [1.82, 2.24) is 0 Å². The van der Waals surface area contributed by atoms with Gasteiger partial charge in [-0.2, -0.15) is 0 Å². The number of benzene rings is 1. The van der Waals surface area contributed by atoms with Crippen LogP contribution in [0.2, 0.25) is 5.02 Å². The molecule has 6 heteroatoms. The smallest absolute Gasteiger partial charge is 0.303 e. The van der Waals surface area contributed by atoms with Gasteiger partial charge in [0.15, 0.2) is 0 Å². The van der Waals surface area contributed by atoms with Crippen LogP contribution < -0.4 is 4.74 Å². The minimum atomic E-state index is -3.26. The molecular formula is C11H11ClF2O3. The predicted molar refractivity (Wildman–Crippen MR) is 58.8 cm³/mol. The number of carboxylic acids is 1. The number of rotatable bonds is 5. The van der Waals surface area contributed by atoms with E-state index in [0.29, 0.717) is 5.75 Å². The fraction of sp³-hybridized carbons (Fsp3) is 0.364. The van der Waals surface area contributed by atoms with Gasteiger partial charge in [0.2, 0.25) is 0 Å². The van der Waals surface area contributed by atoms with Gasteiger partial charge >= 0.3 is 5.97 Å². The van der Waals surface area contributed by atoms with Gasteiger partial charge in [-0.05, 0) is 18.2 Å². The van der Waals surface area contributed by atoms with Crippen LogP contribution in [0.25, 0.3) is 0 Å². The summed E-state index contributed by atoms with van der Waals surface area (Å²) in [6.07, 6.45) is -1.40. The minimum absolute atomic E-state index is 0.139. The Bertz CT molecular complexity index is 421. The first-order valence-electron chi connectivity index (χ1n) is 4.80. The Hall–Kier alpha value is -1.36. The molecular weight excluding hydrogens is 254 g/mol. The van der Waals surface area contributed by atoms with E-state index in [0.717, 1.165) is 6.07 Å². The van der Waals surface area contributed by atoms with Gasteiger partial charge in [0.25, 0.3) is 5.92 Å². The van der Waals surface area contributed by atoms with Crippen molar-refractivity contribution in [2.45, 2.75) is 18.8 Å². The topological polar surface area (TPSA) is 46.5 Å². The predicted octanol–water partition coefficient (Wildman–Crippen LogP) is 3.31. The van der Waals surface area contributed by atoms with Gasteiger partial charge in [0, 0.05) is 12.0 Å². The molecule has 1 rings (SSSR count). The van der Waals surface area contributed by atoms with Crippen LogP contribution in [0.4, 0.5) is 8.78 Å². The molecule has 1 aromatic carbocycles. The Morgan fingerprint density at radius 1 is 1.53 bits per heavy atom. The molecule has 0 amide bonds. The van der Waals surface area contributed by atoms with Crippen molar-refractivity contribution in [3.05, 3.63) is 28.8 Å². The summed E-state index contributed by atoms with van der Waals surface area (Å²) in [5.41, 5.74) is -0.388. The fourth-order valence-electron chi connectivity index (χ4n) is 1.32. The highest BCUT2D eigenvalue weighted by Gasteiger charge is 2.34. The average molecular weight is 265 g/mol. The van der Waals surface area contributed by atoms with E-state index in [1.165, 1.54) is 19.2 Å². The zero-order chi connectivity index (χ0) is 13.1. The summed E-state index contributed by atoms with van der Waals surface area (Å²) >= 11 is 5.70. The summed E-state index contributed by atoms with van der Waals surface area (Å²) < 4.78 is 32.1. The number of halogens is 3. The number of carbonyl (C=O) groups is 1. The SMILES string of the molecule is COc1ccc(C(F)(F)CCC(=O)O)c(Cl)c1. The summed E-state index contributed by atoms with van der Waals surface area (Å²) in [4.78, 5) is 10.3. The fourth-order valence-corrected chi connectivity index (χ4v) is 1.63. The second-order valence-corrected chi connectivity index (χ2v) is 3.85. The van der Waals surface area contributed by atoms with Crippen molar-refractivity contribution in [3.8, 4) is 5.75 Å². The zero-order valence-corrected chi connectivity index (χ0v) is 9.80. The highest BCUT2D eigenvalue weighted by molar-refractivity contribution is 6.31. The van der Waals surface area contributed by atoms with Crippen LogP contribution in [0.15, 0.2) is 18.2 Å². The highest BCUT2D eigenvalue weighted by atomic mass is 35.5. The largest absolute Gasteiger partial charge is 0.497 e. The number of aliphatic carboxylic acids is 1. The van der Waals surface area contributed by atoms with Gasteiger partial charge in [-0.3, -0.25) is 4.79 Å². The lowest BCUT2D eigenvalue weighted by atomic mass is 10.0. The monoisotopic (exact) mass is 264 g/mol. The Morgan fingerprint density at radius 3 is 2.65 bits per heavy atom. The Kier molecular flexibility index (Phi) is 4.28. The van der Waals surface area contributed by atoms with E-state index in [9.17, 15) is 13.6 Å². The van der Waals surface area contributed by atoms with Gasteiger partial charge in [-0.1, -0.05) is 11.6 Å². The van der Waals surface area contributed by atoms with E-state index in [1.54, 1.807) is 0 Å². The van der Waals surface area contributed by atoms with E-state index in [-0.39, 0.29) is 10.6 Å². The van der Waals surface area contributed by atoms with Gasteiger partial charge < -0.3 is 9.84 Å². The highest BCUT2D eigenvalue weighted by Crippen LogP contribution is 2.38. The Balaban J connectivity index is 2.94. The van der Waals surface area contributed by atoms with Crippen LogP contribution in [-0.4, -0.2) is 18.2 Å². The molecule has 0 aliphatic rings. The third-order valence-corrected chi connectivity index (χ3v) is 2.54. The number of alkyl halides is 2. The third kappa shape index (κ3) is 3.56. The molecule has 17 heavy (non-hydrogen) atoms. The molecule has 1 N–H and O–H groups in total. The summed E-state index contributed by atoms with van der Waals surface area (Å²) in [5.74, 6) is -4.16. The van der Waals surface area contributed by atoms with Gasteiger partial charge in [-0.15, -0.1) is 0 Å². The molecule has 0 aliphatic carbocycles. The Morgan fingerprint density at radius 2 is 2.18 bits per heavy atom. The van der Waals surface area contributed by atoms with Crippen LogP contribution in [0, 0.1) is 0 Å². The molecule has 0 radical (unpaired) electrons. The van der Waals surface area contributed by atoms with E-state index in [2.05, 4.69) is 0 Å². The molecule has 0 atom stereocenters. The molecule has 1 aromatic rings. The van der Waals surface area contributed by atoms with Crippen LogP contribution >= 0.6 is 11.6 Å². The molecule has 3 nitrogen and oxygen atoms in total. The lowest BCUT2D eigenvalue weighted by molar-refractivity contribution is -0.139. The quantitative estimate of drug-likeness (QED) is 0.887. The van der Waals surface area contributed by atoms with Crippen LogP contribution in [0.1, 0.15) is 18.4 Å². The number of methoxy groups -OCH3 is 1. The number of hydrogen-bond donors (Lipinski definition) is 1. The minimum Gasteiger partial charge on any atom is -0.497 e. The van der Waals surface area contributed by atoms with Crippen molar-refractivity contribution in [3.63, 3.8) is 0 Å². The summed E-state index contributed by atoms with van der Waals surface area (Å²) in [7, 11) is 1.40. The second-order valence-electron chi connectivity index (χ2n) is 3.44. The molecule has 0 aliphatic heterocycles. The van der Waals surface area contributed by atoms with Gasteiger partial charge in [0.05, 0.1) is 18.6 Å². The number of carboxylic acid groups (broad SMARTS) is 1. The maximum atomic E-state index is 13.6. The maximum Gasteiger partial charge on any atom is 0.303 e. The first kappa shape index (κ1) is 13.7. The summed E-state index contributed by atoms with van der Waals surface area (Å²) in [6, 6.07) is 3.77. The van der Waals surface area contributed by atoms with E-state index in [1.807, 2.05) is 0 Å². The number of hydrogen-bond acceptors (Lipinski definition) is 2. The van der Waals surface area contributed by atoms with E-state index in [4.69, 9.17) is 21.4 Å². The first-order chi connectivity index (χ1) is 7.86. The molecule has 0 saturated carbocycles. The molecule has 94 valence electrons. The third-order valence-electron chi connectivity index (χ3n) is 2.22. The van der Waals surface area contributed by atoms with Crippen LogP contribution in [0.5, 0.6) is 5.75 Å². The molecule has 0 heterocycles. The second kappa shape index (κ2) is 5.31. The molecule has 0 bridgehead atoms. The summed E-state index contributed by atoms with van der Waals surface area (Å²) in [5, 5.41) is 8.25. The van der Waals surface area contributed by atoms with E-state index < -0.39 is 24.7 Å². The van der Waals surface area contributed by atoms with Crippen molar-refractivity contribution >= 4 is 17.6 Å². The number of ether oxygens (including phenoxy) is 1. The van der Waals surface area contributed by atoms with Crippen molar-refractivity contribution in [2.75, 3.05) is 7.11 Å². The lowest BCUT2D eigenvalue weighted by Gasteiger charge is -2.17. The first-order valence-corrected chi connectivity index (χ1v) is 5.18. The van der Waals surface area contributed by atoms with Crippen molar-refractivity contribution in [2.24, 2.45) is 0 Å². The van der Waals surface area contributed by atoms with E-state index >= 15 is 0 Å². The normalized spacial score (nSPS) is 11.3. The summed E-state index contributed by atoms with van der Waals surface area (Å²) in [6.45, 7) is 0. The molecule has 0 saturated heterocycles. The maximum absolute atomic E-state index is 13.6. The molecule has 0 aromatic heterocycles. The van der Waals surface area contributed by atoms with Crippen LogP contribution in [0.3, 0.4) is 0 Å². The standard InChI is InChI=1S/C11H11ClF2O3/c1-17-7-2-3-8(9(12)6-7)11(13,14)5-4-10(15)16/h2-3,6H,4-5H2,1H3,(H,15,16). The van der Waals surface area contributed by atoms with Crippen molar-refractivity contribution in [1.29, 1.82) is 0 Å². The average Bonchev–Trinajstić information content (AvgIpc) is 2.26. The molecule has 0 unspecified atom stereocenters.